The van der Waals surface area contributed by atoms with Gasteiger partial charge in [0.2, 0.25) is 0 Å². The SMILES string of the molecule is CCCCCCCCCCN(CCCCCCCCCC)C(C)CCCC(=O)O. The number of rotatable bonds is 23. The zero-order valence-corrected chi connectivity index (χ0v) is 20.2. The van der Waals surface area contributed by atoms with Crippen LogP contribution in [0, 0.1) is 0 Å². The summed E-state index contributed by atoms with van der Waals surface area (Å²) in [5, 5.41) is 8.91. The minimum Gasteiger partial charge on any atom is -0.481 e. The van der Waals surface area contributed by atoms with Crippen LogP contribution in [0.4, 0.5) is 0 Å². The van der Waals surface area contributed by atoms with Crippen molar-refractivity contribution in [2.45, 2.75) is 149 Å². The van der Waals surface area contributed by atoms with Crippen LogP contribution in [0.3, 0.4) is 0 Å². The van der Waals surface area contributed by atoms with Gasteiger partial charge in [-0.1, -0.05) is 104 Å². The largest absolute Gasteiger partial charge is 0.481 e. The van der Waals surface area contributed by atoms with Gasteiger partial charge in [0.15, 0.2) is 0 Å². The maximum Gasteiger partial charge on any atom is 0.303 e. The van der Waals surface area contributed by atoms with Crippen LogP contribution in [0.15, 0.2) is 0 Å². The highest BCUT2D eigenvalue weighted by atomic mass is 16.4. The van der Waals surface area contributed by atoms with Gasteiger partial charge >= 0.3 is 5.97 Å². The van der Waals surface area contributed by atoms with Gasteiger partial charge in [-0.25, -0.2) is 0 Å². The molecule has 0 saturated carbocycles. The van der Waals surface area contributed by atoms with Crippen LogP contribution in [0.25, 0.3) is 0 Å². The third-order valence-corrected chi connectivity index (χ3v) is 6.23. The third-order valence-electron chi connectivity index (χ3n) is 6.23. The lowest BCUT2D eigenvalue weighted by atomic mass is 10.1. The van der Waals surface area contributed by atoms with E-state index in [1.165, 1.54) is 116 Å². The van der Waals surface area contributed by atoms with E-state index in [9.17, 15) is 4.79 Å². The third kappa shape index (κ3) is 20.5. The molecule has 29 heavy (non-hydrogen) atoms. The summed E-state index contributed by atoms with van der Waals surface area (Å²) < 4.78 is 0. The highest BCUT2D eigenvalue weighted by Gasteiger charge is 2.13. The lowest BCUT2D eigenvalue weighted by Crippen LogP contribution is -2.35. The number of nitrogens with zero attached hydrogens (tertiary/aromatic N) is 1. The summed E-state index contributed by atoms with van der Waals surface area (Å²) in [5.41, 5.74) is 0. The molecule has 0 aliphatic rings. The first-order chi connectivity index (χ1) is 14.1. The predicted octanol–water partition coefficient (Wildman–Crippen LogP) is 8.21. The van der Waals surface area contributed by atoms with Crippen molar-refractivity contribution in [3.05, 3.63) is 0 Å². The average molecular weight is 412 g/mol. The van der Waals surface area contributed by atoms with Crippen molar-refractivity contribution >= 4 is 5.97 Å². The molecule has 1 unspecified atom stereocenters. The summed E-state index contributed by atoms with van der Waals surface area (Å²) in [4.78, 5) is 13.5. The van der Waals surface area contributed by atoms with E-state index in [1.807, 2.05) is 0 Å². The van der Waals surface area contributed by atoms with E-state index in [1.54, 1.807) is 0 Å². The smallest absolute Gasteiger partial charge is 0.303 e. The van der Waals surface area contributed by atoms with Gasteiger partial charge in [-0.15, -0.1) is 0 Å². The minimum atomic E-state index is -0.658. The van der Waals surface area contributed by atoms with Gasteiger partial charge in [-0.2, -0.15) is 0 Å². The highest BCUT2D eigenvalue weighted by Crippen LogP contribution is 2.15. The summed E-state index contributed by atoms with van der Waals surface area (Å²) in [5.74, 6) is -0.658. The minimum absolute atomic E-state index is 0.313. The second-order valence-corrected chi connectivity index (χ2v) is 9.12. The first kappa shape index (κ1) is 28.4. The molecule has 0 rings (SSSR count). The molecule has 0 aromatic carbocycles. The van der Waals surface area contributed by atoms with Crippen molar-refractivity contribution in [2.75, 3.05) is 13.1 Å². The number of carboxylic acids is 1. The number of hydrogen-bond donors (Lipinski definition) is 1. The molecule has 1 N–H and O–H groups in total. The first-order valence-electron chi connectivity index (χ1n) is 13.1. The van der Waals surface area contributed by atoms with Crippen molar-refractivity contribution in [3.8, 4) is 0 Å². The molecule has 0 fully saturated rings. The van der Waals surface area contributed by atoms with Crippen molar-refractivity contribution in [1.29, 1.82) is 0 Å². The van der Waals surface area contributed by atoms with Crippen LogP contribution >= 0.6 is 0 Å². The Morgan fingerprint density at radius 3 is 1.41 bits per heavy atom. The number of hydrogen-bond acceptors (Lipinski definition) is 2. The molecular weight excluding hydrogens is 358 g/mol. The lowest BCUT2D eigenvalue weighted by Gasteiger charge is -2.29. The molecule has 3 nitrogen and oxygen atoms in total. The molecule has 3 heteroatoms. The zero-order valence-electron chi connectivity index (χ0n) is 20.2. The summed E-state index contributed by atoms with van der Waals surface area (Å²) in [6.07, 6.45) is 24.0. The quantitative estimate of drug-likeness (QED) is 0.172. The van der Waals surface area contributed by atoms with Gasteiger partial charge in [-0.05, 0) is 45.7 Å². The van der Waals surface area contributed by atoms with Gasteiger partial charge < -0.3 is 10.0 Å². The predicted molar refractivity (Wildman–Crippen MR) is 128 cm³/mol. The Labute approximate surface area is 183 Å². The van der Waals surface area contributed by atoms with Gasteiger partial charge in [0.05, 0.1) is 0 Å². The van der Waals surface area contributed by atoms with E-state index in [0.29, 0.717) is 12.5 Å². The fourth-order valence-electron chi connectivity index (χ4n) is 4.18. The second-order valence-electron chi connectivity index (χ2n) is 9.12. The van der Waals surface area contributed by atoms with Crippen LogP contribution < -0.4 is 0 Å². The van der Waals surface area contributed by atoms with Crippen molar-refractivity contribution < 1.29 is 9.90 Å². The fourth-order valence-corrected chi connectivity index (χ4v) is 4.18. The molecule has 0 aliphatic heterocycles. The molecule has 0 aromatic heterocycles. The van der Waals surface area contributed by atoms with Crippen molar-refractivity contribution in [1.82, 2.24) is 4.90 Å². The second kappa shape index (κ2) is 22.1. The van der Waals surface area contributed by atoms with Crippen molar-refractivity contribution in [3.63, 3.8) is 0 Å². The summed E-state index contributed by atoms with van der Waals surface area (Å²) in [6.45, 7) is 9.24. The number of carbonyl (C=O) groups is 1. The Bertz CT molecular complexity index is 326. The zero-order chi connectivity index (χ0) is 21.6. The fraction of sp³-hybridized carbons (Fsp3) is 0.962. The molecule has 0 spiro atoms. The Morgan fingerprint density at radius 1 is 0.655 bits per heavy atom. The lowest BCUT2D eigenvalue weighted by molar-refractivity contribution is -0.137. The van der Waals surface area contributed by atoms with Crippen LogP contribution in [-0.4, -0.2) is 35.1 Å². The number of unbranched alkanes of at least 4 members (excludes halogenated alkanes) is 14. The topological polar surface area (TPSA) is 40.5 Å². The van der Waals surface area contributed by atoms with Crippen LogP contribution in [0.2, 0.25) is 0 Å². The normalized spacial score (nSPS) is 12.6. The Hall–Kier alpha value is -0.570. The highest BCUT2D eigenvalue weighted by molar-refractivity contribution is 5.66. The molecule has 174 valence electrons. The summed E-state index contributed by atoms with van der Waals surface area (Å²) in [7, 11) is 0. The molecule has 0 radical (unpaired) electrons. The molecule has 0 aliphatic carbocycles. The number of carboxylic acid groups (broad SMARTS) is 1. The number of aliphatic carboxylic acids is 1. The van der Waals surface area contributed by atoms with Crippen LogP contribution in [0.5, 0.6) is 0 Å². The van der Waals surface area contributed by atoms with Gasteiger partial charge in [-0.3, -0.25) is 4.79 Å². The van der Waals surface area contributed by atoms with Crippen LogP contribution in [-0.2, 0) is 4.79 Å². The van der Waals surface area contributed by atoms with Crippen LogP contribution in [0.1, 0.15) is 143 Å². The van der Waals surface area contributed by atoms with E-state index in [0.717, 1.165) is 12.8 Å². The maximum atomic E-state index is 10.8. The Balaban J connectivity index is 4.00. The molecule has 0 heterocycles. The Kier molecular flexibility index (Phi) is 21.7. The van der Waals surface area contributed by atoms with E-state index in [-0.39, 0.29) is 0 Å². The maximum absolute atomic E-state index is 10.8. The van der Waals surface area contributed by atoms with Crippen molar-refractivity contribution in [2.24, 2.45) is 0 Å². The molecule has 1 atom stereocenters. The van der Waals surface area contributed by atoms with E-state index >= 15 is 0 Å². The average Bonchev–Trinajstić information content (AvgIpc) is 2.69. The summed E-state index contributed by atoms with van der Waals surface area (Å²) >= 11 is 0. The first-order valence-corrected chi connectivity index (χ1v) is 13.1. The monoisotopic (exact) mass is 411 g/mol. The van der Waals surface area contributed by atoms with E-state index in [2.05, 4.69) is 25.7 Å². The molecule has 0 amide bonds. The molecule has 0 saturated heterocycles. The molecular formula is C26H53NO2. The molecule has 0 bridgehead atoms. The Morgan fingerprint density at radius 2 is 1.03 bits per heavy atom. The van der Waals surface area contributed by atoms with E-state index < -0.39 is 5.97 Å². The standard InChI is InChI=1S/C26H53NO2/c1-4-6-8-10-12-14-16-18-23-27(25(3)21-20-22-26(28)29)24-19-17-15-13-11-9-7-5-2/h25H,4-24H2,1-3H3,(H,28,29). The van der Waals surface area contributed by atoms with Gasteiger partial charge in [0, 0.05) is 12.5 Å². The summed E-state index contributed by atoms with van der Waals surface area (Å²) in [6, 6.07) is 0.517. The van der Waals surface area contributed by atoms with Gasteiger partial charge in [0.1, 0.15) is 0 Å². The van der Waals surface area contributed by atoms with E-state index in [4.69, 9.17) is 5.11 Å². The van der Waals surface area contributed by atoms with Gasteiger partial charge in [0.25, 0.3) is 0 Å². The molecule has 0 aromatic rings.